The Labute approximate surface area is 186 Å². The number of ether oxygens (including phenoxy) is 1. The first kappa shape index (κ1) is 24.2. The molecule has 0 bridgehead atoms. The van der Waals surface area contributed by atoms with Gasteiger partial charge in [0.1, 0.15) is 12.4 Å². The normalized spacial score (nSPS) is 23.4. The number of anilines is 1. The zero-order valence-electron chi connectivity index (χ0n) is 20.2. The molecule has 6 nitrogen and oxygen atoms in total. The van der Waals surface area contributed by atoms with Crippen LogP contribution in [-0.4, -0.2) is 52.0 Å². The van der Waals surface area contributed by atoms with Crippen molar-refractivity contribution in [1.29, 1.82) is 0 Å². The average Bonchev–Trinajstić information content (AvgIpc) is 3.08. The number of amides is 1. The Morgan fingerprint density at radius 1 is 1.19 bits per heavy atom. The van der Waals surface area contributed by atoms with Crippen LogP contribution in [0.3, 0.4) is 0 Å². The van der Waals surface area contributed by atoms with Gasteiger partial charge in [0.2, 0.25) is 0 Å². The largest absolute Gasteiger partial charge is 0.497 e. The predicted molar refractivity (Wildman–Crippen MR) is 123 cm³/mol. The Balaban J connectivity index is 1.79. The molecule has 0 aliphatic carbocycles. The van der Waals surface area contributed by atoms with Gasteiger partial charge in [0, 0.05) is 5.46 Å². The minimum atomic E-state index is -1.99. The summed E-state index contributed by atoms with van der Waals surface area (Å²) in [5, 5.41) is 0.0535. The van der Waals surface area contributed by atoms with Gasteiger partial charge in [0.05, 0.1) is 29.5 Å². The lowest BCUT2D eigenvalue weighted by molar-refractivity contribution is 0.00578. The molecule has 0 unspecified atom stereocenters. The van der Waals surface area contributed by atoms with E-state index in [1.165, 1.54) is 11.0 Å². The molecule has 0 aromatic heterocycles. The molecule has 2 aliphatic heterocycles. The molecule has 2 fully saturated rings. The van der Waals surface area contributed by atoms with E-state index in [0.717, 1.165) is 0 Å². The van der Waals surface area contributed by atoms with E-state index in [-0.39, 0.29) is 17.7 Å². The van der Waals surface area contributed by atoms with Gasteiger partial charge in [-0.25, -0.2) is 9.18 Å². The third-order valence-corrected chi connectivity index (χ3v) is 11.7. The number of halogens is 1. The molecule has 2 saturated heterocycles. The van der Waals surface area contributed by atoms with Crippen LogP contribution < -0.4 is 10.4 Å². The zero-order chi connectivity index (χ0) is 23.4. The summed E-state index contributed by atoms with van der Waals surface area (Å²) in [5.74, 6) is -0.486. The molecule has 0 saturated carbocycles. The standard InChI is InChI=1S/C22H35BFNO5Si/c1-20(2,3)31(8,9)28-14-16-13-27-19(26)25(16)15-10-11-17(18(24)12-15)23-29-21(4,5)22(6,7)30-23/h10-12,16H,13-14H2,1-9H3/t16-/m1/s1. The third-order valence-electron chi connectivity index (χ3n) is 7.17. The van der Waals surface area contributed by atoms with Gasteiger partial charge >= 0.3 is 13.2 Å². The molecule has 1 amide bonds. The maximum Gasteiger partial charge on any atom is 0.497 e. The highest BCUT2D eigenvalue weighted by molar-refractivity contribution is 6.74. The molecule has 9 heteroatoms. The van der Waals surface area contributed by atoms with Crippen molar-refractivity contribution in [3.05, 3.63) is 24.0 Å². The van der Waals surface area contributed by atoms with Gasteiger partial charge in [-0.1, -0.05) is 26.8 Å². The summed E-state index contributed by atoms with van der Waals surface area (Å²) >= 11 is 0. The number of rotatable bonds is 5. The summed E-state index contributed by atoms with van der Waals surface area (Å²) in [4.78, 5) is 13.9. The molecule has 172 valence electrons. The van der Waals surface area contributed by atoms with Crippen molar-refractivity contribution >= 4 is 32.7 Å². The lowest BCUT2D eigenvalue weighted by Crippen LogP contribution is -2.46. The van der Waals surface area contributed by atoms with Gasteiger partial charge in [-0.3, -0.25) is 4.90 Å². The molecular weight excluding hydrogens is 416 g/mol. The van der Waals surface area contributed by atoms with Crippen LogP contribution in [0.1, 0.15) is 48.5 Å². The molecule has 1 aromatic rings. The van der Waals surface area contributed by atoms with Gasteiger partial charge in [-0.2, -0.15) is 0 Å². The van der Waals surface area contributed by atoms with Crippen LogP contribution in [0.2, 0.25) is 18.1 Å². The lowest BCUT2D eigenvalue weighted by Gasteiger charge is -2.37. The summed E-state index contributed by atoms with van der Waals surface area (Å²) in [6.07, 6.45) is -0.494. The topological polar surface area (TPSA) is 57.2 Å². The molecule has 1 aromatic carbocycles. The first-order chi connectivity index (χ1) is 14.1. The maximum absolute atomic E-state index is 15.1. The Morgan fingerprint density at radius 3 is 2.29 bits per heavy atom. The number of hydrogen-bond acceptors (Lipinski definition) is 5. The van der Waals surface area contributed by atoms with Crippen LogP contribution in [0.4, 0.5) is 14.9 Å². The highest BCUT2D eigenvalue weighted by Crippen LogP contribution is 2.38. The van der Waals surface area contributed by atoms with E-state index in [4.69, 9.17) is 18.5 Å². The molecule has 2 aliphatic rings. The summed E-state index contributed by atoms with van der Waals surface area (Å²) < 4.78 is 38.6. The van der Waals surface area contributed by atoms with Gasteiger partial charge < -0.3 is 18.5 Å². The van der Waals surface area contributed by atoms with E-state index in [1.807, 2.05) is 27.7 Å². The van der Waals surface area contributed by atoms with Crippen LogP contribution in [0.25, 0.3) is 0 Å². The summed E-state index contributed by atoms with van der Waals surface area (Å²) in [7, 11) is -2.79. The fraction of sp³-hybridized carbons (Fsp3) is 0.682. The number of cyclic esters (lactones) is 1. The molecule has 3 rings (SSSR count). The Hall–Kier alpha value is -1.42. The minimum absolute atomic E-state index is 0.0535. The van der Waals surface area contributed by atoms with Crippen molar-refractivity contribution in [2.75, 3.05) is 18.1 Å². The zero-order valence-corrected chi connectivity index (χ0v) is 21.2. The molecule has 2 heterocycles. The van der Waals surface area contributed by atoms with E-state index in [1.54, 1.807) is 12.1 Å². The van der Waals surface area contributed by atoms with Crippen molar-refractivity contribution in [3.8, 4) is 0 Å². The van der Waals surface area contributed by atoms with Gasteiger partial charge in [0.25, 0.3) is 0 Å². The summed E-state index contributed by atoms with van der Waals surface area (Å²) in [5.41, 5.74) is -0.380. The van der Waals surface area contributed by atoms with Crippen molar-refractivity contribution in [2.45, 2.75) is 83.8 Å². The van der Waals surface area contributed by atoms with Crippen molar-refractivity contribution in [2.24, 2.45) is 0 Å². The van der Waals surface area contributed by atoms with E-state index in [2.05, 4.69) is 33.9 Å². The first-order valence-electron chi connectivity index (χ1n) is 10.8. The van der Waals surface area contributed by atoms with E-state index < -0.39 is 38.5 Å². The molecule has 31 heavy (non-hydrogen) atoms. The minimum Gasteiger partial charge on any atom is -0.447 e. The van der Waals surface area contributed by atoms with Crippen LogP contribution in [-0.2, 0) is 18.5 Å². The monoisotopic (exact) mass is 451 g/mol. The number of nitrogens with zero attached hydrogens (tertiary/aromatic N) is 1. The Bertz CT molecular complexity index is 839. The second kappa shape index (κ2) is 7.86. The average molecular weight is 451 g/mol. The summed E-state index contributed by atoms with van der Waals surface area (Å²) in [6, 6.07) is 4.36. The van der Waals surface area contributed by atoms with Crippen LogP contribution in [0, 0.1) is 5.82 Å². The smallest absolute Gasteiger partial charge is 0.447 e. The van der Waals surface area contributed by atoms with Crippen LogP contribution >= 0.6 is 0 Å². The van der Waals surface area contributed by atoms with E-state index in [9.17, 15) is 4.79 Å². The van der Waals surface area contributed by atoms with Crippen molar-refractivity contribution in [1.82, 2.24) is 0 Å². The van der Waals surface area contributed by atoms with E-state index >= 15 is 4.39 Å². The lowest BCUT2D eigenvalue weighted by atomic mass is 9.78. The predicted octanol–water partition coefficient (Wildman–Crippen LogP) is 4.47. The first-order valence-corrected chi connectivity index (χ1v) is 13.7. The number of carbonyl (C=O) groups excluding carboxylic acids is 1. The maximum atomic E-state index is 15.1. The highest BCUT2D eigenvalue weighted by atomic mass is 28.4. The number of carbonyl (C=O) groups is 1. The van der Waals surface area contributed by atoms with Crippen molar-refractivity contribution < 1.29 is 27.7 Å². The Kier molecular flexibility index (Phi) is 6.15. The molecule has 1 atom stereocenters. The van der Waals surface area contributed by atoms with Gasteiger partial charge in [-0.05, 0) is 58.0 Å². The molecule has 0 radical (unpaired) electrons. The fourth-order valence-corrected chi connectivity index (χ4v) is 4.29. The highest BCUT2D eigenvalue weighted by Gasteiger charge is 2.52. The molecule has 0 spiro atoms. The van der Waals surface area contributed by atoms with Crippen LogP contribution in [0.5, 0.6) is 0 Å². The molecule has 0 N–H and O–H groups in total. The number of benzene rings is 1. The van der Waals surface area contributed by atoms with E-state index in [0.29, 0.717) is 17.8 Å². The van der Waals surface area contributed by atoms with Gasteiger partial charge in [0.15, 0.2) is 8.32 Å². The second-order valence-electron chi connectivity index (χ2n) is 11.0. The second-order valence-corrected chi connectivity index (χ2v) is 15.8. The SMILES string of the molecule is CC1(C)OB(c2ccc(N3C(=O)OC[C@@H]3CO[Si](C)(C)C(C)(C)C)cc2F)OC1(C)C. The van der Waals surface area contributed by atoms with Crippen molar-refractivity contribution in [3.63, 3.8) is 0 Å². The number of hydrogen-bond donors (Lipinski definition) is 0. The Morgan fingerprint density at radius 2 is 1.77 bits per heavy atom. The van der Waals surface area contributed by atoms with Gasteiger partial charge in [-0.15, -0.1) is 0 Å². The molecular formula is C22H35BFNO5Si. The quantitative estimate of drug-likeness (QED) is 0.619. The third kappa shape index (κ3) is 4.56. The summed E-state index contributed by atoms with van der Waals surface area (Å²) in [6.45, 7) is 19.1. The fourth-order valence-electron chi connectivity index (χ4n) is 3.25. The van der Waals surface area contributed by atoms with Crippen LogP contribution in [0.15, 0.2) is 18.2 Å².